The van der Waals surface area contributed by atoms with E-state index in [4.69, 9.17) is 0 Å². The summed E-state index contributed by atoms with van der Waals surface area (Å²) < 4.78 is 31.8. The average Bonchev–Trinajstić information content (AvgIpc) is 3.10. The molecule has 5 nitrogen and oxygen atoms in total. The van der Waals surface area contributed by atoms with Gasteiger partial charge in [0.1, 0.15) is 18.1 Å². The van der Waals surface area contributed by atoms with Crippen LogP contribution in [0.2, 0.25) is 0 Å². The summed E-state index contributed by atoms with van der Waals surface area (Å²) in [7, 11) is 0. The molecular weight excluding hydrogens is 406 g/mol. The number of nitrogens with one attached hydrogen (secondary N) is 1. The molecule has 1 N–H and O–H groups in total. The van der Waals surface area contributed by atoms with Gasteiger partial charge in [0.05, 0.1) is 0 Å². The van der Waals surface area contributed by atoms with Crippen LogP contribution in [-0.4, -0.2) is 21.4 Å². The van der Waals surface area contributed by atoms with Crippen molar-refractivity contribution in [3.8, 4) is 5.75 Å². The number of rotatable bonds is 4. The lowest BCUT2D eigenvalue weighted by molar-refractivity contribution is -0.0498. The van der Waals surface area contributed by atoms with Crippen molar-refractivity contribution < 1.29 is 13.5 Å². The van der Waals surface area contributed by atoms with Crippen LogP contribution >= 0.6 is 15.9 Å². The minimum atomic E-state index is -2.84. The Kier molecular flexibility index (Phi) is 4.42. The molecule has 0 radical (unpaired) electrons. The summed E-state index contributed by atoms with van der Waals surface area (Å²) in [4.78, 5) is 4.25. The Bertz CT molecular complexity index is 939. The summed E-state index contributed by atoms with van der Waals surface area (Å²) in [5.74, 6) is 0.733. The SMILES string of the molecule is FC(F)Oc1ccc(C2C=C(c3ccc(Br)cc3)Nc3ncnn32)cc1. The molecule has 0 bridgehead atoms. The second-order valence-electron chi connectivity index (χ2n) is 5.63. The third-order valence-electron chi connectivity index (χ3n) is 4.01. The normalized spacial score (nSPS) is 16.0. The first-order valence-electron chi connectivity index (χ1n) is 7.79. The quantitative estimate of drug-likeness (QED) is 0.667. The van der Waals surface area contributed by atoms with E-state index in [2.05, 4.69) is 36.1 Å². The standard InChI is InChI=1S/C18H13BrF2N4O/c19-13-5-1-11(2-6-13)15-9-16(25-18(24-15)22-10-23-25)12-3-7-14(8-4-12)26-17(20)21/h1-10,16-17H,(H,22,23,24). The Morgan fingerprint density at radius 1 is 1.08 bits per heavy atom. The fraction of sp³-hybridized carbons (Fsp3) is 0.111. The Balaban J connectivity index is 1.70. The van der Waals surface area contributed by atoms with Crippen LogP contribution in [-0.2, 0) is 0 Å². The van der Waals surface area contributed by atoms with Crippen LogP contribution in [0.3, 0.4) is 0 Å². The summed E-state index contributed by atoms with van der Waals surface area (Å²) >= 11 is 3.43. The van der Waals surface area contributed by atoms with Gasteiger partial charge in [-0.2, -0.15) is 18.9 Å². The van der Waals surface area contributed by atoms with Crippen molar-refractivity contribution in [3.63, 3.8) is 0 Å². The molecule has 1 unspecified atom stereocenters. The second kappa shape index (κ2) is 6.87. The zero-order valence-corrected chi connectivity index (χ0v) is 14.9. The van der Waals surface area contributed by atoms with E-state index in [9.17, 15) is 8.78 Å². The summed E-state index contributed by atoms with van der Waals surface area (Å²) in [6.45, 7) is -2.84. The molecule has 0 spiro atoms. The highest BCUT2D eigenvalue weighted by atomic mass is 79.9. The van der Waals surface area contributed by atoms with E-state index >= 15 is 0 Å². The van der Waals surface area contributed by atoms with Crippen molar-refractivity contribution in [1.82, 2.24) is 14.8 Å². The lowest BCUT2D eigenvalue weighted by Crippen LogP contribution is -2.20. The molecule has 2 heterocycles. The molecule has 3 aromatic rings. The third kappa shape index (κ3) is 3.32. The number of alkyl halides is 2. The number of halogens is 3. The number of nitrogens with zero attached hydrogens (tertiary/aromatic N) is 3. The monoisotopic (exact) mass is 418 g/mol. The van der Waals surface area contributed by atoms with Gasteiger partial charge in [0.25, 0.3) is 0 Å². The first-order chi connectivity index (χ1) is 12.6. The van der Waals surface area contributed by atoms with Crippen LogP contribution in [0.5, 0.6) is 5.75 Å². The predicted molar refractivity (Wildman–Crippen MR) is 97.0 cm³/mol. The lowest BCUT2D eigenvalue weighted by atomic mass is 10.0. The van der Waals surface area contributed by atoms with Gasteiger partial charge in [-0.25, -0.2) is 4.68 Å². The van der Waals surface area contributed by atoms with Crippen LogP contribution in [0.15, 0.2) is 65.4 Å². The van der Waals surface area contributed by atoms with Crippen molar-refractivity contribution in [2.24, 2.45) is 0 Å². The molecule has 0 saturated carbocycles. The topological polar surface area (TPSA) is 52.0 Å². The molecule has 0 amide bonds. The number of ether oxygens (including phenoxy) is 1. The molecule has 26 heavy (non-hydrogen) atoms. The van der Waals surface area contributed by atoms with Gasteiger partial charge >= 0.3 is 6.61 Å². The van der Waals surface area contributed by atoms with Gasteiger partial charge in [0, 0.05) is 10.2 Å². The number of benzene rings is 2. The number of hydrogen-bond donors (Lipinski definition) is 1. The summed E-state index contributed by atoms with van der Waals surface area (Å²) in [5, 5.41) is 7.53. The molecule has 1 atom stereocenters. The highest BCUT2D eigenvalue weighted by Crippen LogP contribution is 2.33. The number of aromatic nitrogens is 3. The van der Waals surface area contributed by atoms with E-state index in [1.807, 2.05) is 30.3 Å². The van der Waals surface area contributed by atoms with Gasteiger partial charge < -0.3 is 10.1 Å². The van der Waals surface area contributed by atoms with Gasteiger partial charge in [0.15, 0.2) is 0 Å². The van der Waals surface area contributed by atoms with Crippen LogP contribution in [0, 0.1) is 0 Å². The van der Waals surface area contributed by atoms with E-state index in [1.54, 1.807) is 16.8 Å². The summed E-state index contributed by atoms with van der Waals surface area (Å²) in [5.41, 5.74) is 2.79. The fourth-order valence-corrected chi connectivity index (χ4v) is 3.08. The van der Waals surface area contributed by atoms with Crippen molar-refractivity contribution in [2.75, 3.05) is 5.32 Å². The van der Waals surface area contributed by atoms with Crippen molar-refractivity contribution in [1.29, 1.82) is 0 Å². The summed E-state index contributed by atoms with van der Waals surface area (Å²) in [6, 6.07) is 14.2. The van der Waals surface area contributed by atoms with Gasteiger partial charge in [-0.05, 0) is 41.5 Å². The van der Waals surface area contributed by atoms with Gasteiger partial charge in [0.2, 0.25) is 5.95 Å². The van der Waals surface area contributed by atoms with Gasteiger partial charge in [-0.1, -0.05) is 40.2 Å². The first kappa shape index (κ1) is 16.7. The maximum Gasteiger partial charge on any atom is 0.387 e. The van der Waals surface area contributed by atoms with Crippen molar-refractivity contribution in [2.45, 2.75) is 12.7 Å². The Morgan fingerprint density at radius 2 is 1.81 bits per heavy atom. The number of fused-ring (bicyclic) bond motifs is 1. The van der Waals surface area contributed by atoms with E-state index in [1.165, 1.54) is 18.5 Å². The number of anilines is 1. The summed E-state index contributed by atoms with van der Waals surface area (Å²) in [6.07, 6.45) is 3.50. The Labute approximate surface area is 156 Å². The van der Waals surface area contributed by atoms with E-state index < -0.39 is 6.61 Å². The zero-order valence-electron chi connectivity index (χ0n) is 13.3. The van der Waals surface area contributed by atoms with Crippen LogP contribution < -0.4 is 10.1 Å². The number of allylic oxidation sites excluding steroid dienone is 1. The molecule has 0 saturated heterocycles. The van der Waals surface area contributed by atoms with E-state index in [-0.39, 0.29) is 11.8 Å². The molecule has 1 aliphatic rings. The molecule has 4 rings (SSSR count). The minimum absolute atomic E-state index is 0.119. The Hall–Kier alpha value is -2.74. The van der Waals surface area contributed by atoms with E-state index in [0.29, 0.717) is 5.95 Å². The number of hydrogen-bond acceptors (Lipinski definition) is 4. The highest BCUT2D eigenvalue weighted by Gasteiger charge is 2.23. The minimum Gasteiger partial charge on any atom is -0.435 e. The maximum atomic E-state index is 12.3. The molecule has 2 aromatic carbocycles. The molecular formula is C18H13BrF2N4O. The lowest BCUT2D eigenvalue weighted by Gasteiger charge is -2.24. The van der Waals surface area contributed by atoms with Crippen molar-refractivity contribution in [3.05, 3.63) is 76.5 Å². The van der Waals surface area contributed by atoms with Gasteiger partial charge in [-0.3, -0.25) is 0 Å². The Morgan fingerprint density at radius 3 is 2.50 bits per heavy atom. The molecule has 1 aromatic heterocycles. The van der Waals surface area contributed by atoms with Crippen LogP contribution in [0.4, 0.5) is 14.7 Å². The molecule has 8 heteroatoms. The largest absolute Gasteiger partial charge is 0.435 e. The highest BCUT2D eigenvalue weighted by molar-refractivity contribution is 9.10. The average molecular weight is 419 g/mol. The first-order valence-corrected chi connectivity index (χ1v) is 8.58. The zero-order chi connectivity index (χ0) is 18.1. The molecule has 132 valence electrons. The van der Waals surface area contributed by atoms with Crippen molar-refractivity contribution >= 4 is 27.6 Å². The second-order valence-corrected chi connectivity index (χ2v) is 6.55. The maximum absolute atomic E-state index is 12.3. The smallest absolute Gasteiger partial charge is 0.387 e. The molecule has 1 aliphatic heterocycles. The van der Waals surface area contributed by atoms with E-state index in [0.717, 1.165) is 21.3 Å². The van der Waals surface area contributed by atoms with Crippen LogP contribution in [0.1, 0.15) is 17.2 Å². The predicted octanol–water partition coefficient (Wildman–Crippen LogP) is 4.70. The fourth-order valence-electron chi connectivity index (χ4n) is 2.82. The van der Waals surface area contributed by atoms with Crippen LogP contribution in [0.25, 0.3) is 5.70 Å². The van der Waals surface area contributed by atoms with Gasteiger partial charge in [-0.15, -0.1) is 0 Å². The third-order valence-corrected chi connectivity index (χ3v) is 4.54. The molecule has 0 fully saturated rings. The molecule has 0 aliphatic carbocycles.